The summed E-state index contributed by atoms with van der Waals surface area (Å²) in [4.78, 5) is 10.2. The minimum atomic E-state index is 0.622. The quantitative estimate of drug-likeness (QED) is 0.0698. The van der Waals surface area contributed by atoms with Gasteiger partial charge in [0, 0.05) is 57.0 Å². The largest absolute Gasteiger partial charge is 0.303 e. The number of hydrogen-bond donors (Lipinski definition) is 0. The third-order valence-corrected chi connectivity index (χ3v) is 21.2. The van der Waals surface area contributed by atoms with Gasteiger partial charge in [0.15, 0.2) is 0 Å². The molecule has 5 unspecified atom stereocenters. The molecular weight excluding hydrogens is 929 g/mol. The van der Waals surface area contributed by atoms with Crippen molar-refractivity contribution in [2.45, 2.75) is 102 Å². The number of rotatable bonds is 18. The lowest BCUT2D eigenvalue weighted by atomic mass is 9.78. The van der Waals surface area contributed by atoms with E-state index in [0.717, 1.165) is 71.0 Å². The van der Waals surface area contributed by atoms with Gasteiger partial charge in [-0.3, -0.25) is 0 Å². The molecule has 8 fully saturated rings. The van der Waals surface area contributed by atoms with Gasteiger partial charge in [-0.2, -0.15) is 35.0 Å². The summed E-state index contributed by atoms with van der Waals surface area (Å²) in [6, 6.07) is 0. The van der Waals surface area contributed by atoms with Gasteiger partial charge in [0.2, 0.25) is 0 Å². The van der Waals surface area contributed by atoms with Crippen molar-refractivity contribution >= 4 is 99.5 Å². The van der Waals surface area contributed by atoms with Gasteiger partial charge < -0.3 is 19.6 Å². The number of fused-ring (bicyclic) bond motifs is 8. The molecule has 20 heteroatoms. The molecule has 13 heterocycles. The second-order valence-corrected chi connectivity index (χ2v) is 24.7. The molecule has 12 nitrogen and oxygen atoms in total. The van der Waals surface area contributed by atoms with Crippen molar-refractivity contribution in [3.05, 3.63) is 28.9 Å². The Balaban J connectivity index is 0.000000148. The highest BCUT2D eigenvalue weighted by atomic mass is 32.2. The molecule has 5 atom stereocenters. The highest BCUT2D eigenvalue weighted by molar-refractivity contribution is 8.00. The molecule has 9 aliphatic rings. The van der Waals surface area contributed by atoms with Crippen LogP contribution in [0, 0.1) is 17.8 Å². The molecule has 0 N–H and O–H groups in total. The first kappa shape index (κ1) is 45.0. The van der Waals surface area contributed by atoms with Gasteiger partial charge in [-0.25, -0.2) is 0 Å². The van der Waals surface area contributed by atoms with E-state index in [1.807, 2.05) is 47.0 Å². The molecule has 6 bridgehead atoms. The van der Waals surface area contributed by atoms with Crippen LogP contribution in [-0.4, -0.2) is 157 Å². The van der Waals surface area contributed by atoms with E-state index >= 15 is 0 Å². The standard InChI is InChI=1S/C22H32N6S4.C20H28N6S4/c1(11-29-21-19(23-31-25-21)17-13-27-7-3-15(17)4-8-27)2-12-30-22-20(24-32-26-22)18-14-28-9-5-16(18)6-10-28;1-25-7-4-5-15(11-25)17-19(23-29-21-17)27-9-2-3-10-28-20-18(22-30-24-20)16-13-26-8-6-14(16)12-26/h15-18H,1-14H2;5,14,16H,2-4,6-13H2,1H3. The molecule has 9 aliphatic heterocycles. The fraction of sp³-hybridized carbons (Fsp3) is 0.762. The average molecular weight is 990 g/mol. The van der Waals surface area contributed by atoms with Gasteiger partial charge in [-0.05, 0) is 150 Å². The number of aromatic nitrogens is 8. The maximum atomic E-state index is 4.74. The molecule has 0 radical (unpaired) electrons. The van der Waals surface area contributed by atoms with Crippen LogP contribution in [0.2, 0.25) is 0 Å². The Morgan fingerprint density at radius 1 is 0.484 bits per heavy atom. The Morgan fingerprint density at radius 3 is 1.34 bits per heavy atom. The molecule has 62 heavy (non-hydrogen) atoms. The van der Waals surface area contributed by atoms with Gasteiger partial charge in [0.1, 0.15) is 25.8 Å². The molecule has 8 saturated heterocycles. The van der Waals surface area contributed by atoms with Crippen molar-refractivity contribution in [2.24, 2.45) is 17.8 Å². The highest BCUT2D eigenvalue weighted by Gasteiger charge is 2.42. The molecule has 4 aromatic heterocycles. The van der Waals surface area contributed by atoms with E-state index < -0.39 is 0 Å². The van der Waals surface area contributed by atoms with Gasteiger partial charge >= 0.3 is 0 Å². The number of nitrogens with zero attached hydrogens (tertiary/aromatic N) is 12. The Hall–Kier alpha value is -0.780. The fourth-order valence-corrected chi connectivity index (χ4v) is 17.8. The zero-order valence-corrected chi connectivity index (χ0v) is 42.4. The van der Waals surface area contributed by atoms with Crippen molar-refractivity contribution < 1.29 is 0 Å². The van der Waals surface area contributed by atoms with Gasteiger partial charge in [0.05, 0.1) is 64.0 Å². The van der Waals surface area contributed by atoms with E-state index in [1.165, 1.54) is 201 Å². The number of piperidine rings is 7. The summed E-state index contributed by atoms with van der Waals surface area (Å²) >= 11 is 13.2. The van der Waals surface area contributed by atoms with Crippen LogP contribution in [0.25, 0.3) is 5.57 Å². The molecule has 13 rings (SSSR count). The third kappa shape index (κ3) is 10.8. The molecule has 0 amide bonds. The van der Waals surface area contributed by atoms with Crippen LogP contribution < -0.4 is 0 Å². The fourth-order valence-electron chi connectivity index (χ4n) is 10.8. The Labute approximate surface area is 401 Å². The Bertz CT molecular complexity index is 1980. The summed E-state index contributed by atoms with van der Waals surface area (Å²) in [6.45, 7) is 13.4. The third-order valence-electron chi connectivity index (χ3n) is 14.3. The van der Waals surface area contributed by atoms with E-state index in [1.54, 1.807) is 0 Å². The van der Waals surface area contributed by atoms with Crippen molar-refractivity contribution in [1.82, 2.24) is 54.6 Å². The molecule has 4 aromatic rings. The van der Waals surface area contributed by atoms with Crippen molar-refractivity contribution in [2.75, 3.05) is 102 Å². The summed E-state index contributed by atoms with van der Waals surface area (Å²) < 4.78 is 37.2. The predicted octanol–water partition coefficient (Wildman–Crippen LogP) is 8.86. The van der Waals surface area contributed by atoms with Crippen LogP contribution in [-0.2, 0) is 0 Å². The predicted molar refractivity (Wildman–Crippen MR) is 262 cm³/mol. The number of likely N-dealkylation sites (N-methyl/N-ethyl adjacent to an activating group) is 1. The van der Waals surface area contributed by atoms with Gasteiger partial charge in [-0.1, -0.05) is 6.08 Å². The summed E-state index contributed by atoms with van der Waals surface area (Å²) in [5.74, 6) is 8.84. The van der Waals surface area contributed by atoms with Gasteiger partial charge in [0.25, 0.3) is 0 Å². The minimum Gasteiger partial charge on any atom is -0.303 e. The lowest BCUT2D eigenvalue weighted by Crippen LogP contribution is -2.46. The van der Waals surface area contributed by atoms with Crippen LogP contribution >= 0.6 is 94.0 Å². The smallest absolute Gasteiger partial charge is 0.138 e. The topological polar surface area (TPSA) is 116 Å². The van der Waals surface area contributed by atoms with Gasteiger partial charge in [-0.15, -0.1) is 47.0 Å². The molecule has 336 valence electrons. The second kappa shape index (κ2) is 21.9. The summed E-state index contributed by atoms with van der Waals surface area (Å²) in [5.41, 5.74) is 6.36. The number of thioether (sulfide) groups is 4. The molecule has 0 aliphatic carbocycles. The Kier molecular flexibility index (Phi) is 15.9. The van der Waals surface area contributed by atoms with Crippen molar-refractivity contribution in [3.63, 3.8) is 0 Å². The average Bonchev–Trinajstić information content (AvgIpc) is 4.19. The van der Waals surface area contributed by atoms with Crippen LogP contribution in [0.1, 0.15) is 105 Å². The number of hydrogen-bond acceptors (Lipinski definition) is 20. The lowest BCUT2D eigenvalue weighted by molar-refractivity contribution is 0.0846. The first-order chi connectivity index (χ1) is 30.6. The Morgan fingerprint density at radius 2 is 0.903 bits per heavy atom. The van der Waals surface area contributed by atoms with Crippen LogP contribution in [0.15, 0.2) is 26.2 Å². The summed E-state index contributed by atoms with van der Waals surface area (Å²) in [7, 11) is 2.18. The van der Waals surface area contributed by atoms with E-state index in [-0.39, 0.29) is 0 Å². The molecule has 0 aromatic carbocycles. The first-order valence-corrected chi connectivity index (χ1v) is 29.9. The maximum absolute atomic E-state index is 4.74. The lowest BCUT2D eigenvalue weighted by Gasteiger charge is -2.44. The minimum absolute atomic E-state index is 0.622. The second-order valence-electron chi connectivity index (χ2n) is 18.2. The van der Waals surface area contributed by atoms with Crippen LogP contribution in [0.4, 0.5) is 0 Å². The summed E-state index contributed by atoms with van der Waals surface area (Å²) in [5, 5.41) is 4.75. The van der Waals surface area contributed by atoms with E-state index in [0.29, 0.717) is 17.8 Å². The van der Waals surface area contributed by atoms with Crippen molar-refractivity contribution in [1.29, 1.82) is 0 Å². The molecular formula is C42H60N12S8. The maximum Gasteiger partial charge on any atom is 0.138 e. The van der Waals surface area contributed by atoms with Crippen molar-refractivity contribution in [3.8, 4) is 0 Å². The zero-order chi connectivity index (χ0) is 41.7. The van der Waals surface area contributed by atoms with E-state index in [2.05, 4.69) is 59.0 Å². The van der Waals surface area contributed by atoms with Crippen LogP contribution in [0.3, 0.4) is 0 Å². The normalized spacial score (nSPS) is 30.2. The highest BCUT2D eigenvalue weighted by Crippen LogP contribution is 2.44. The SMILES string of the molecule is C(CCSc1nsnc1C1CN2CCC1CC2)CSc1nsnc1C1CN2CCC1CC2.CN1CCC=C(c2nsnc2SCCCCSc2nsnc2C2CN3CCC2C3)C1. The monoisotopic (exact) mass is 988 g/mol. The first-order valence-electron chi connectivity index (χ1n) is 23.0. The van der Waals surface area contributed by atoms with Crippen LogP contribution in [0.5, 0.6) is 0 Å². The molecule has 0 spiro atoms. The number of unbranched alkanes of at least 4 members (excludes halogenated alkanes) is 2. The van der Waals surface area contributed by atoms with E-state index in [9.17, 15) is 0 Å². The molecule has 0 saturated carbocycles. The van der Waals surface area contributed by atoms with E-state index in [4.69, 9.17) is 8.75 Å². The zero-order valence-electron chi connectivity index (χ0n) is 35.9. The summed E-state index contributed by atoms with van der Waals surface area (Å²) in [6.07, 6.45) is 15.0.